The summed E-state index contributed by atoms with van der Waals surface area (Å²) in [7, 11) is 1.58. The second kappa shape index (κ2) is 9.56. The predicted molar refractivity (Wildman–Crippen MR) is 111 cm³/mol. The SMILES string of the molecule is COc1ccc(C(=O)NC(C(=O)N2CCOC(c3ccccc3)C2)C(C)C)cc1. The molecule has 0 bridgehead atoms. The Balaban J connectivity index is 1.69. The van der Waals surface area contributed by atoms with Crippen LogP contribution >= 0.6 is 0 Å². The van der Waals surface area contributed by atoms with Crippen LogP contribution in [0.3, 0.4) is 0 Å². The molecule has 2 aromatic carbocycles. The molecule has 1 aliphatic heterocycles. The third kappa shape index (κ3) is 5.15. The van der Waals surface area contributed by atoms with E-state index in [-0.39, 0.29) is 23.8 Å². The molecule has 0 aromatic heterocycles. The average Bonchev–Trinajstić information content (AvgIpc) is 2.77. The number of carbonyl (C=O) groups is 2. The third-order valence-corrected chi connectivity index (χ3v) is 5.12. The monoisotopic (exact) mass is 396 g/mol. The van der Waals surface area contributed by atoms with E-state index in [0.29, 0.717) is 31.0 Å². The number of nitrogens with one attached hydrogen (secondary N) is 1. The molecular weight excluding hydrogens is 368 g/mol. The highest BCUT2D eigenvalue weighted by atomic mass is 16.5. The van der Waals surface area contributed by atoms with E-state index in [1.807, 2.05) is 44.2 Å². The van der Waals surface area contributed by atoms with Crippen LogP contribution in [0.2, 0.25) is 0 Å². The van der Waals surface area contributed by atoms with Crippen molar-refractivity contribution in [2.75, 3.05) is 26.8 Å². The van der Waals surface area contributed by atoms with Crippen molar-refractivity contribution in [3.8, 4) is 5.75 Å². The zero-order valence-electron chi connectivity index (χ0n) is 17.1. The van der Waals surface area contributed by atoms with Gasteiger partial charge >= 0.3 is 0 Å². The lowest BCUT2D eigenvalue weighted by Crippen LogP contribution is -2.54. The fourth-order valence-electron chi connectivity index (χ4n) is 3.40. The number of morpholine rings is 1. The first-order valence-electron chi connectivity index (χ1n) is 9.90. The highest BCUT2D eigenvalue weighted by Crippen LogP contribution is 2.23. The van der Waals surface area contributed by atoms with Crippen LogP contribution in [-0.2, 0) is 9.53 Å². The van der Waals surface area contributed by atoms with Gasteiger partial charge in [0.25, 0.3) is 5.91 Å². The molecule has 0 spiro atoms. The minimum absolute atomic E-state index is 0.0391. The number of nitrogens with zero attached hydrogens (tertiary/aromatic N) is 1. The molecule has 3 rings (SSSR count). The van der Waals surface area contributed by atoms with Gasteiger partial charge in [-0.3, -0.25) is 9.59 Å². The van der Waals surface area contributed by atoms with Crippen LogP contribution < -0.4 is 10.1 Å². The van der Waals surface area contributed by atoms with E-state index >= 15 is 0 Å². The molecular formula is C23H28N2O4. The fraction of sp³-hybridized carbons (Fsp3) is 0.391. The molecule has 2 atom stereocenters. The molecule has 6 nitrogen and oxygen atoms in total. The number of methoxy groups -OCH3 is 1. The zero-order chi connectivity index (χ0) is 20.8. The van der Waals surface area contributed by atoms with Gasteiger partial charge in [-0.2, -0.15) is 0 Å². The Morgan fingerprint density at radius 2 is 1.79 bits per heavy atom. The summed E-state index contributed by atoms with van der Waals surface area (Å²) < 4.78 is 11.0. The summed E-state index contributed by atoms with van der Waals surface area (Å²) in [4.78, 5) is 27.7. The summed E-state index contributed by atoms with van der Waals surface area (Å²) in [5, 5.41) is 2.91. The predicted octanol–water partition coefficient (Wildman–Crippen LogP) is 3.05. The summed E-state index contributed by atoms with van der Waals surface area (Å²) in [5.41, 5.74) is 1.54. The third-order valence-electron chi connectivity index (χ3n) is 5.12. The Bertz CT molecular complexity index is 821. The number of hydrogen-bond donors (Lipinski definition) is 1. The van der Waals surface area contributed by atoms with E-state index in [4.69, 9.17) is 9.47 Å². The number of amides is 2. The van der Waals surface area contributed by atoms with Crippen LogP contribution in [0.4, 0.5) is 0 Å². The number of ether oxygens (including phenoxy) is 2. The van der Waals surface area contributed by atoms with Crippen molar-refractivity contribution in [1.82, 2.24) is 10.2 Å². The Morgan fingerprint density at radius 1 is 1.10 bits per heavy atom. The van der Waals surface area contributed by atoms with E-state index < -0.39 is 6.04 Å². The van der Waals surface area contributed by atoms with Gasteiger partial charge in [0, 0.05) is 12.1 Å². The van der Waals surface area contributed by atoms with Gasteiger partial charge in [0.05, 0.1) is 20.3 Å². The first-order chi connectivity index (χ1) is 14.0. The van der Waals surface area contributed by atoms with Crippen LogP contribution in [0.25, 0.3) is 0 Å². The van der Waals surface area contributed by atoms with Crippen molar-refractivity contribution < 1.29 is 19.1 Å². The molecule has 1 N–H and O–H groups in total. The van der Waals surface area contributed by atoms with Gasteiger partial charge in [0.1, 0.15) is 17.9 Å². The van der Waals surface area contributed by atoms with E-state index in [0.717, 1.165) is 5.56 Å². The number of hydrogen-bond acceptors (Lipinski definition) is 4. The minimum Gasteiger partial charge on any atom is -0.497 e. The van der Waals surface area contributed by atoms with E-state index in [2.05, 4.69) is 5.32 Å². The average molecular weight is 396 g/mol. The second-order valence-electron chi connectivity index (χ2n) is 7.48. The highest BCUT2D eigenvalue weighted by Gasteiger charge is 2.32. The number of benzene rings is 2. The molecule has 1 aliphatic rings. The lowest BCUT2D eigenvalue weighted by Gasteiger charge is -2.36. The van der Waals surface area contributed by atoms with Gasteiger partial charge in [0.2, 0.25) is 5.91 Å². The van der Waals surface area contributed by atoms with E-state index in [9.17, 15) is 9.59 Å². The Labute approximate surface area is 171 Å². The molecule has 0 saturated carbocycles. The van der Waals surface area contributed by atoms with Gasteiger partial charge < -0.3 is 19.7 Å². The first-order valence-corrected chi connectivity index (χ1v) is 9.90. The lowest BCUT2D eigenvalue weighted by atomic mass is 10.0. The summed E-state index contributed by atoms with van der Waals surface area (Å²) in [6.07, 6.45) is -0.154. The minimum atomic E-state index is -0.598. The lowest BCUT2D eigenvalue weighted by molar-refractivity contribution is -0.142. The summed E-state index contributed by atoms with van der Waals surface area (Å²) in [6, 6.07) is 16.1. The zero-order valence-corrected chi connectivity index (χ0v) is 17.1. The Hall–Kier alpha value is -2.86. The van der Waals surface area contributed by atoms with Gasteiger partial charge in [-0.15, -0.1) is 0 Å². The molecule has 29 heavy (non-hydrogen) atoms. The largest absolute Gasteiger partial charge is 0.497 e. The van der Waals surface area contributed by atoms with Crippen molar-refractivity contribution in [2.45, 2.75) is 26.0 Å². The molecule has 1 saturated heterocycles. The molecule has 0 aliphatic carbocycles. The second-order valence-corrected chi connectivity index (χ2v) is 7.48. The smallest absolute Gasteiger partial charge is 0.251 e. The van der Waals surface area contributed by atoms with Crippen molar-refractivity contribution in [3.05, 3.63) is 65.7 Å². The molecule has 2 aromatic rings. The summed E-state index contributed by atoms with van der Waals surface area (Å²) >= 11 is 0. The fourth-order valence-corrected chi connectivity index (χ4v) is 3.40. The Morgan fingerprint density at radius 3 is 2.41 bits per heavy atom. The molecule has 1 heterocycles. The van der Waals surface area contributed by atoms with Crippen LogP contribution in [-0.4, -0.2) is 49.6 Å². The van der Waals surface area contributed by atoms with E-state index in [1.54, 1.807) is 36.3 Å². The van der Waals surface area contributed by atoms with Crippen molar-refractivity contribution >= 4 is 11.8 Å². The molecule has 1 fully saturated rings. The van der Waals surface area contributed by atoms with Crippen molar-refractivity contribution in [1.29, 1.82) is 0 Å². The number of rotatable bonds is 6. The molecule has 2 amide bonds. The topological polar surface area (TPSA) is 67.9 Å². The van der Waals surface area contributed by atoms with Crippen LogP contribution in [0.15, 0.2) is 54.6 Å². The van der Waals surface area contributed by atoms with Crippen LogP contribution in [0, 0.1) is 5.92 Å². The van der Waals surface area contributed by atoms with Crippen molar-refractivity contribution in [2.24, 2.45) is 5.92 Å². The van der Waals surface area contributed by atoms with Crippen molar-refractivity contribution in [3.63, 3.8) is 0 Å². The molecule has 6 heteroatoms. The maximum absolute atomic E-state index is 13.2. The first kappa shape index (κ1) is 20.9. The maximum atomic E-state index is 13.2. The highest BCUT2D eigenvalue weighted by molar-refractivity contribution is 5.97. The van der Waals surface area contributed by atoms with Crippen LogP contribution in [0.5, 0.6) is 5.75 Å². The molecule has 0 radical (unpaired) electrons. The summed E-state index contributed by atoms with van der Waals surface area (Å²) in [5.74, 6) is 0.291. The van der Waals surface area contributed by atoms with Gasteiger partial charge in [-0.25, -0.2) is 0 Å². The standard InChI is InChI=1S/C23H28N2O4/c1-16(2)21(24-22(26)18-9-11-19(28-3)12-10-18)23(27)25-13-14-29-20(15-25)17-7-5-4-6-8-17/h4-12,16,20-21H,13-15H2,1-3H3,(H,24,26). The van der Waals surface area contributed by atoms with E-state index in [1.165, 1.54) is 0 Å². The van der Waals surface area contributed by atoms with Gasteiger partial charge in [0.15, 0.2) is 0 Å². The maximum Gasteiger partial charge on any atom is 0.251 e. The Kier molecular flexibility index (Phi) is 6.88. The van der Waals surface area contributed by atoms with Crippen LogP contribution in [0.1, 0.15) is 35.9 Å². The quantitative estimate of drug-likeness (QED) is 0.815. The van der Waals surface area contributed by atoms with Gasteiger partial charge in [-0.1, -0.05) is 44.2 Å². The van der Waals surface area contributed by atoms with Gasteiger partial charge in [-0.05, 0) is 35.7 Å². The molecule has 154 valence electrons. The number of carbonyl (C=O) groups excluding carboxylic acids is 2. The summed E-state index contributed by atoms with van der Waals surface area (Å²) in [6.45, 7) is 5.34. The normalized spacial score (nSPS) is 17.7. The molecule has 2 unspecified atom stereocenters.